The van der Waals surface area contributed by atoms with E-state index in [9.17, 15) is 19.8 Å². The molecule has 9 heteroatoms. The van der Waals surface area contributed by atoms with Gasteiger partial charge in [-0.2, -0.15) is 0 Å². The highest BCUT2D eigenvalue weighted by atomic mass is 35.5. The van der Waals surface area contributed by atoms with Gasteiger partial charge in [0.2, 0.25) is 0 Å². The first-order valence-electron chi connectivity index (χ1n) is 9.66. The molecule has 168 valence electrons. The van der Waals surface area contributed by atoms with Crippen LogP contribution in [0.25, 0.3) is 5.76 Å². The maximum atomic E-state index is 12.9. The minimum Gasteiger partial charge on any atom is -0.508 e. The number of aliphatic hydroxyl groups is 1. The Morgan fingerprint density at radius 2 is 1.61 bits per heavy atom. The lowest BCUT2D eigenvalue weighted by Gasteiger charge is -2.25. The van der Waals surface area contributed by atoms with E-state index < -0.39 is 23.7 Å². The Morgan fingerprint density at radius 1 is 1.00 bits per heavy atom. The highest BCUT2D eigenvalue weighted by Crippen LogP contribution is 2.42. The van der Waals surface area contributed by atoms with E-state index in [-0.39, 0.29) is 17.1 Å². The van der Waals surface area contributed by atoms with Gasteiger partial charge in [0.05, 0.1) is 23.5 Å². The monoisotopic (exact) mass is 466 g/mol. The van der Waals surface area contributed by atoms with Gasteiger partial charge in [-0.1, -0.05) is 23.7 Å². The number of aliphatic carboxylic acids is 1. The minimum absolute atomic E-state index is 0.0461. The van der Waals surface area contributed by atoms with Crippen molar-refractivity contribution >= 4 is 40.7 Å². The van der Waals surface area contributed by atoms with Crippen molar-refractivity contribution < 1.29 is 29.7 Å². The minimum atomic E-state index is -0.879. The number of Topliss-reactive ketones (excluding diaryl/α,β-unsaturated/α-hetero) is 1. The number of nitrogens with zero attached hydrogens (tertiary/aromatic N) is 2. The molecule has 0 radical (unpaired) electrons. The number of halogens is 1. The number of benzene rings is 2. The molecule has 2 aromatic carbocycles. The fourth-order valence-electron chi connectivity index (χ4n) is 3.33. The molecule has 0 aliphatic carbocycles. The molecule has 3 aromatic rings. The number of phenols is 1. The molecule has 8 nitrogen and oxygen atoms in total. The summed E-state index contributed by atoms with van der Waals surface area (Å²) in [4.78, 5) is 40.1. The number of carbonyl (C=O) groups is 3. The first kappa shape index (κ1) is 23.5. The molecule has 0 spiro atoms. The molecule has 4 rings (SSSR count). The van der Waals surface area contributed by atoms with E-state index in [4.69, 9.17) is 21.5 Å². The van der Waals surface area contributed by atoms with Crippen LogP contribution in [0.5, 0.6) is 5.75 Å². The smallest absolute Gasteiger partial charge is 0.300 e. The fourth-order valence-corrected chi connectivity index (χ4v) is 3.46. The van der Waals surface area contributed by atoms with Gasteiger partial charge in [-0.05, 0) is 54.1 Å². The molecule has 1 fully saturated rings. The zero-order valence-electron chi connectivity index (χ0n) is 17.3. The predicted octanol–water partition coefficient (Wildman–Crippen LogP) is 4.16. The summed E-state index contributed by atoms with van der Waals surface area (Å²) in [5, 5.41) is 28.5. The molecule has 1 aliphatic rings. The van der Waals surface area contributed by atoms with Crippen molar-refractivity contribution in [3.8, 4) is 5.75 Å². The van der Waals surface area contributed by atoms with E-state index in [0.29, 0.717) is 21.8 Å². The Bertz CT molecular complexity index is 1200. The molecular weight excluding hydrogens is 448 g/mol. The maximum Gasteiger partial charge on any atom is 0.300 e. The van der Waals surface area contributed by atoms with E-state index in [2.05, 4.69) is 4.98 Å². The van der Waals surface area contributed by atoms with Crippen LogP contribution in [0.4, 0.5) is 5.69 Å². The number of anilines is 1. The highest BCUT2D eigenvalue weighted by molar-refractivity contribution is 6.51. The van der Waals surface area contributed by atoms with E-state index >= 15 is 0 Å². The number of hydrogen-bond acceptors (Lipinski definition) is 6. The molecule has 1 unspecified atom stereocenters. The standard InChI is InChI=1S/C22H15ClN2O4.C2H4O2/c23-15-7-3-14(4-8-15)20(27)18-19(13-5-9-17(26)10-6-13)25(22(29)21(18)28)16-2-1-11-24-12-16;1-2(3)4/h1-12,19,26-27H;1H3,(H,3,4)/b20-18+;. The molecule has 1 amide bonds. The van der Waals surface area contributed by atoms with Crippen molar-refractivity contribution in [3.05, 3.63) is 94.8 Å². The number of carbonyl (C=O) groups excluding carboxylic acids is 2. The third kappa shape index (κ3) is 5.19. The van der Waals surface area contributed by atoms with E-state index in [1.807, 2.05) is 0 Å². The normalized spacial score (nSPS) is 16.8. The maximum absolute atomic E-state index is 12.9. The number of carboxylic acid groups (broad SMARTS) is 1. The molecular formula is C24H19ClN2O6. The summed E-state index contributed by atoms with van der Waals surface area (Å²) in [5.74, 6) is -2.67. The lowest BCUT2D eigenvalue weighted by atomic mass is 9.95. The lowest BCUT2D eigenvalue weighted by molar-refractivity contribution is -0.134. The Morgan fingerprint density at radius 3 is 2.15 bits per heavy atom. The summed E-state index contributed by atoms with van der Waals surface area (Å²) in [6.45, 7) is 1.08. The number of aromatic nitrogens is 1. The second-order valence-electron chi connectivity index (χ2n) is 7.00. The second-order valence-corrected chi connectivity index (χ2v) is 7.43. The van der Waals surface area contributed by atoms with Crippen LogP contribution in [0.2, 0.25) is 5.02 Å². The Balaban J connectivity index is 0.000000709. The Kier molecular flexibility index (Phi) is 7.10. The lowest BCUT2D eigenvalue weighted by Crippen LogP contribution is -2.29. The van der Waals surface area contributed by atoms with Crippen LogP contribution in [0, 0.1) is 0 Å². The number of rotatable bonds is 3. The molecule has 2 heterocycles. The summed E-state index contributed by atoms with van der Waals surface area (Å²) >= 11 is 5.91. The van der Waals surface area contributed by atoms with Crippen LogP contribution in [0.15, 0.2) is 78.6 Å². The molecule has 0 saturated carbocycles. The van der Waals surface area contributed by atoms with Crippen molar-refractivity contribution in [3.63, 3.8) is 0 Å². The van der Waals surface area contributed by atoms with Gasteiger partial charge in [-0.25, -0.2) is 0 Å². The van der Waals surface area contributed by atoms with Crippen molar-refractivity contribution in [1.82, 2.24) is 4.98 Å². The van der Waals surface area contributed by atoms with Crippen molar-refractivity contribution in [2.24, 2.45) is 0 Å². The number of aromatic hydroxyl groups is 1. The van der Waals surface area contributed by atoms with Crippen LogP contribution in [0.3, 0.4) is 0 Å². The quantitative estimate of drug-likeness (QED) is 0.300. The Hall–Kier alpha value is -4.17. The second kappa shape index (κ2) is 9.97. The zero-order chi connectivity index (χ0) is 24.1. The average Bonchev–Trinajstić information content (AvgIpc) is 3.05. The largest absolute Gasteiger partial charge is 0.508 e. The van der Waals surface area contributed by atoms with Crippen LogP contribution in [0.1, 0.15) is 24.1 Å². The van der Waals surface area contributed by atoms with Gasteiger partial charge in [0, 0.05) is 23.7 Å². The number of ketones is 1. The first-order chi connectivity index (χ1) is 15.7. The third-order valence-electron chi connectivity index (χ3n) is 4.70. The highest BCUT2D eigenvalue weighted by Gasteiger charge is 2.47. The van der Waals surface area contributed by atoms with Gasteiger partial charge in [0.25, 0.3) is 17.7 Å². The predicted molar refractivity (Wildman–Crippen MR) is 122 cm³/mol. The molecule has 33 heavy (non-hydrogen) atoms. The molecule has 1 aromatic heterocycles. The molecule has 1 saturated heterocycles. The van der Waals surface area contributed by atoms with Crippen LogP contribution in [-0.4, -0.2) is 38.0 Å². The Labute approximate surface area is 194 Å². The fraction of sp³-hybridized carbons (Fsp3) is 0.0833. The average molecular weight is 467 g/mol. The van der Waals surface area contributed by atoms with E-state index in [1.54, 1.807) is 54.7 Å². The number of aliphatic hydroxyl groups excluding tert-OH is 1. The van der Waals surface area contributed by atoms with Gasteiger partial charge >= 0.3 is 0 Å². The summed E-state index contributed by atoms with van der Waals surface area (Å²) in [6, 6.07) is 14.9. The molecule has 1 aliphatic heterocycles. The van der Waals surface area contributed by atoms with Gasteiger partial charge in [-0.15, -0.1) is 0 Å². The van der Waals surface area contributed by atoms with Crippen molar-refractivity contribution in [2.75, 3.05) is 4.90 Å². The van der Waals surface area contributed by atoms with Gasteiger partial charge in [0.15, 0.2) is 0 Å². The van der Waals surface area contributed by atoms with Gasteiger partial charge in [-0.3, -0.25) is 24.3 Å². The SMILES string of the molecule is CC(=O)O.O=C1C(=O)N(c2cccnc2)C(c2ccc(O)cc2)/C1=C(\O)c1ccc(Cl)cc1. The summed E-state index contributed by atoms with van der Waals surface area (Å²) < 4.78 is 0. The molecule has 3 N–H and O–H groups in total. The number of pyridine rings is 1. The molecule has 0 bridgehead atoms. The first-order valence-corrected chi connectivity index (χ1v) is 10.0. The number of carboxylic acids is 1. The summed E-state index contributed by atoms with van der Waals surface area (Å²) in [6.07, 6.45) is 3.03. The van der Waals surface area contributed by atoms with Crippen LogP contribution >= 0.6 is 11.6 Å². The number of phenolic OH excluding ortho intramolecular Hbond substituents is 1. The van der Waals surface area contributed by atoms with Gasteiger partial charge < -0.3 is 15.3 Å². The summed E-state index contributed by atoms with van der Waals surface area (Å²) in [7, 11) is 0. The van der Waals surface area contributed by atoms with Crippen molar-refractivity contribution in [1.29, 1.82) is 0 Å². The van der Waals surface area contributed by atoms with Crippen molar-refractivity contribution in [2.45, 2.75) is 13.0 Å². The number of amides is 1. The van der Waals surface area contributed by atoms with Crippen LogP contribution < -0.4 is 4.90 Å². The third-order valence-corrected chi connectivity index (χ3v) is 4.95. The topological polar surface area (TPSA) is 128 Å². The van der Waals surface area contributed by atoms with E-state index in [1.165, 1.54) is 23.2 Å². The summed E-state index contributed by atoms with van der Waals surface area (Å²) in [5.41, 5.74) is 1.29. The van der Waals surface area contributed by atoms with Crippen LogP contribution in [-0.2, 0) is 14.4 Å². The zero-order valence-corrected chi connectivity index (χ0v) is 18.1. The van der Waals surface area contributed by atoms with E-state index in [0.717, 1.165) is 6.92 Å². The molecule has 1 atom stereocenters. The van der Waals surface area contributed by atoms with Gasteiger partial charge in [0.1, 0.15) is 11.5 Å². The number of hydrogen-bond donors (Lipinski definition) is 3.